The van der Waals surface area contributed by atoms with E-state index < -0.39 is 4.92 Å². The molecule has 110 valence electrons. The number of nitrogens with zero attached hydrogens (tertiary/aromatic N) is 3. The Hall–Kier alpha value is -2.44. The topological polar surface area (TPSA) is 111 Å². The summed E-state index contributed by atoms with van der Waals surface area (Å²) in [6.07, 6.45) is 5.96. The molecule has 7 nitrogen and oxygen atoms in total. The predicted molar refractivity (Wildman–Crippen MR) is 78.7 cm³/mol. The fourth-order valence-corrected chi connectivity index (χ4v) is 2.80. The molecule has 2 aromatic rings. The molecule has 0 bridgehead atoms. The van der Waals surface area contributed by atoms with Gasteiger partial charge in [0.15, 0.2) is 5.82 Å². The molecule has 3 N–H and O–H groups in total. The molecule has 0 spiro atoms. The lowest BCUT2D eigenvalue weighted by Gasteiger charge is -2.18. The average molecular weight is 287 g/mol. The molecule has 0 aliphatic heterocycles. The van der Waals surface area contributed by atoms with Crippen molar-refractivity contribution in [3.05, 3.63) is 34.1 Å². The first-order chi connectivity index (χ1) is 10.1. The second-order valence-electron chi connectivity index (χ2n) is 5.41. The van der Waals surface area contributed by atoms with Crippen LogP contribution in [0.5, 0.6) is 0 Å². The Morgan fingerprint density at radius 3 is 2.76 bits per heavy atom. The van der Waals surface area contributed by atoms with Crippen LogP contribution in [0.4, 0.5) is 11.4 Å². The van der Waals surface area contributed by atoms with E-state index in [1.807, 2.05) is 0 Å². The number of nitro groups is 1. The molecule has 1 saturated carbocycles. The van der Waals surface area contributed by atoms with Crippen LogP contribution in [0.2, 0.25) is 0 Å². The monoisotopic (exact) mass is 287 g/mol. The van der Waals surface area contributed by atoms with E-state index >= 15 is 0 Å². The van der Waals surface area contributed by atoms with E-state index in [1.165, 1.54) is 31.4 Å². The number of nitro benzene ring substituents is 1. The van der Waals surface area contributed by atoms with Gasteiger partial charge in [0.25, 0.3) is 5.69 Å². The first kappa shape index (κ1) is 13.5. The Balaban J connectivity index is 1.89. The van der Waals surface area contributed by atoms with Crippen LogP contribution in [0.3, 0.4) is 0 Å². The number of benzene rings is 1. The molecule has 0 radical (unpaired) electrons. The van der Waals surface area contributed by atoms with Crippen molar-refractivity contribution in [2.45, 2.75) is 38.0 Å². The van der Waals surface area contributed by atoms with E-state index in [0.717, 1.165) is 18.7 Å². The molecule has 1 heterocycles. The maximum absolute atomic E-state index is 10.9. The fourth-order valence-electron chi connectivity index (χ4n) is 2.80. The van der Waals surface area contributed by atoms with Crippen molar-refractivity contribution in [2.75, 3.05) is 5.73 Å². The number of hydrogen-bond donors (Lipinski definition) is 2. The lowest BCUT2D eigenvalue weighted by Crippen LogP contribution is -2.06. The van der Waals surface area contributed by atoms with Crippen molar-refractivity contribution in [2.24, 2.45) is 0 Å². The summed E-state index contributed by atoms with van der Waals surface area (Å²) in [5, 5.41) is 18.1. The zero-order valence-corrected chi connectivity index (χ0v) is 11.6. The van der Waals surface area contributed by atoms with Gasteiger partial charge in [0.2, 0.25) is 0 Å². The highest BCUT2D eigenvalue weighted by molar-refractivity contribution is 5.68. The van der Waals surface area contributed by atoms with Gasteiger partial charge in [-0.05, 0) is 25.0 Å². The van der Waals surface area contributed by atoms with E-state index in [4.69, 9.17) is 5.73 Å². The van der Waals surface area contributed by atoms with E-state index in [2.05, 4.69) is 15.2 Å². The lowest BCUT2D eigenvalue weighted by molar-refractivity contribution is -0.383. The average Bonchev–Trinajstić information content (AvgIpc) is 2.98. The number of hydrogen-bond acceptors (Lipinski definition) is 5. The van der Waals surface area contributed by atoms with Crippen molar-refractivity contribution < 1.29 is 4.92 Å². The Bertz CT molecular complexity index is 661. The third-order valence-electron chi connectivity index (χ3n) is 3.98. The molecule has 0 saturated heterocycles. The van der Waals surface area contributed by atoms with Crippen LogP contribution < -0.4 is 5.73 Å². The first-order valence-corrected chi connectivity index (χ1v) is 7.12. The van der Waals surface area contributed by atoms with Crippen LogP contribution in [-0.2, 0) is 0 Å². The number of anilines is 1. The van der Waals surface area contributed by atoms with Gasteiger partial charge in [0.05, 0.1) is 4.92 Å². The molecule has 1 aliphatic carbocycles. The zero-order chi connectivity index (χ0) is 14.8. The maximum atomic E-state index is 10.9. The summed E-state index contributed by atoms with van der Waals surface area (Å²) in [5.41, 5.74) is 6.24. The standard InChI is InChI=1S/C14H17N5O2/c15-11-7-6-10(8-12(11)19(20)21)14-16-13(17-18-14)9-4-2-1-3-5-9/h6-9H,1-5,15H2,(H,16,17,18). The minimum atomic E-state index is -0.493. The first-order valence-electron chi connectivity index (χ1n) is 7.12. The molecule has 1 aromatic carbocycles. The fraction of sp³-hybridized carbons (Fsp3) is 0.429. The lowest BCUT2D eigenvalue weighted by atomic mass is 9.89. The Labute approximate surface area is 121 Å². The van der Waals surface area contributed by atoms with E-state index in [0.29, 0.717) is 17.3 Å². The molecular weight excluding hydrogens is 270 g/mol. The molecule has 0 amide bonds. The molecule has 0 atom stereocenters. The van der Waals surface area contributed by atoms with Gasteiger partial charge >= 0.3 is 0 Å². The van der Waals surface area contributed by atoms with E-state index in [-0.39, 0.29) is 11.4 Å². The molecule has 1 aliphatic rings. The summed E-state index contributed by atoms with van der Waals surface area (Å²) < 4.78 is 0. The zero-order valence-electron chi connectivity index (χ0n) is 11.6. The largest absolute Gasteiger partial charge is 0.393 e. The quantitative estimate of drug-likeness (QED) is 0.512. The molecule has 21 heavy (non-hydrogen) atoms. The van der Waals surface area contributed by atoms with Crippen molar-refractivity contribution in [1.29, 1.82) is 0 Å². The van der Waals surface area contributed by atoms with Crippen molar-refractivity contribution in [1.82, 2.24) is 15.2 Å². The van der Waals surface area contributed by atoms with Gasteiger partial charge in [-0.2, -0.15) is 5.10 Å². The van der Waals surface area contributed by atoms with Crippen LogP contribution in [0.1, 0.15) is 43.8 Å². The maximum Gasteiger partial charge on any atom is 0.292 e. The SMILES string of the molecule is Nc1ccc(-c2n[nH]c(C3CCCCC3)n2)cc1[N+](=O)[O-]. The highest BCUT2D eigenvalue weighted by atomic mass is 16.6. The second-order valence-corrected chi connectivity index (χ2v) is 5.41. The molecule has 1 aromatic heterocycles. The molecule has 7 heteroatoms. The van der Waals surface area contributed by atoms with Crippen LogP contribution in [0.15, 0.2) is 18.2 Å². The summed E-state index contributed by atoms with van der Waals surface area (Å²) >= 11 is 0. The number of nitrogen functional groups attached to an aromatic ring is 1. The number of rotatable bonds is 3. The van der Waals surface area contributed by atoms with Gasteiger partial charge in [-0.25, -0.2) is 4.98 Å². The van der Waals surface area contributed by atoms with Gasteiger partial charge < -0.3 is 5.73 Å². The third kappa shape index (κ3) is 2.72. The van der Waals surface area contributed by atoms with E-state index in [1.54, 1.807) is 6.07 Å². The molecule has 0 unspecified atom stereocenters. The Kier molecular flexibility index (Phi) is 3.55. The third-order valence-corrected chi connectivity index (χ3v) is 3.98. The summed E-state index contributed by atoms with van der Waals surface area (Å²) in [6, 6.07) is 4.64. The van der Waals surface area contributed by atoms with E-state index in [9.17, 15) is 10.1 Å². The smallest absolute Gasteiger partial charge is 0.292 e. The van der Waals surface area contributed by atoms with Crippen molar-refractivity contribution >= 4 is 11.4 Å². The summed E-state index contributed by atoms with van der Waals surface area (Å²) in [6.45, 7) is 0. The van der Waals surface area contributed by atoms with Crippen molar-refractivity contribution in [3.63, 3.8) is 0 Å². The van der Waals surface area contributed by atoms with Crippen LogP contribution in [0.25, 0.3) is 11.4 Å². The molecule has 1 fully saturated rings. The number of H-pyrrole nitrogens is 1. The number of aromatic nitrogens is 3. The van der Waals surface area contributed by atoms with Gasteiger partial charge in [-0.1, -0.05) is 19.3 Å². The minimum absolute atomic E-state index is 0.114. The normalized spacial score (nSPS) is 16.0. The van der Waals surface area contributed by atoms with Crippen LogP contribution in [-0.4, -0.2) is 20.1 Å². The van der Waals surface area contributed by atoms with Gasteiger partial charge in [0.1, 0.15) is 11.5 Å². The van der Waals surface area contributed by atoms with Crippen molar-refractivity contribution in [3.8, 4) is 11.4 Å². The minimum Gasteiger partial charge on any atom is -0.393 e. The highest BCUT2D eigenvalue weighted by Crippen LogP contribution is 2.32. The summed E-state index contributed by atoms with van der Waals surface area (Å²) in [7, 11) is 0. The predicted octanol–water partition coefficient (Wildman–Crippen LogP) is 3.01. The highest BCUT2D eigenvalue weighted by Gasteiger charge is 2.20. The number of aromatic amines is 1. The second kappa shape index (κ2) is 5.51. The molecule has 3 rings (SSSR count). The van der Waals surface area contributed by atoms with Gasteiger partial charge in [0, 0.05) is 17.5 Å². The van der Waals surface area contributed by atoms with Crippen LogP contribution >= 0.6 is 0 Å². The Morgan fingerprint density at radius 2 is 2.05 bits per heavy atom. The summed E-state index contributed by atoms with van der Waals surface area (Å²) in [4.78, 5) is 14.9. The number of nitrogens with one attached hydrogen (secondary N) is 1. The molecular formula is C14H17N5O2. The van der Waals surface area contributed by atoms with Gasteiger partial charge in [-0.15, -0.1) is 0 Å². The Morgan fingerprint density at radius 1 is 1.29 bits per heavy atom. The van der Waals surface area contributed by atoms with Gasteiger partial charge in [-0.3, -0.25) is 15.2 Å². The number of nitrogens with two attached hydrogens (primary N) is 1. The van der Waals surface area contributed by atoms with Crippen LogP contribution in [0, 0.1) is 10.1 Å². The summed E-state index contributed by atoms with van der Waals surface area (Å²) in [5.74, 6) is 1.78.